The largest absolute Gasteiger partial charge is 0.490 e. The van der Waals surface area contributed by atoms with Crippen LogP contribution in [-0.4, -0.2) is 47.8 Å². The van der Waals surface area contributed by atoms with Gasteiger partial charge in [0.2, 0.25) is 0 Å². The fourth-order valence-corrected chi connectivity index (χ4v) is 4.15. The van der Waals surface area contributed by atoms with Crippen LogP contribution < -0.4 is 14.2 Å². The molecule has 1 fully saturated rings. The predicted molar refractivity (Wildman–Crippen MR) is 110 cm³/mol. The number of para-hydroxylation sites is 1. The minimum absolute atomic E-state index is 0.00374. The minimum atomic E-state index is -0.00374. The van der Waals surface area contributed by atoms with E-state index in [-0.39, 0.29) is 12.0 Å². The third-order valence-electron chi connectivity index (χ3n) is 5.71. The first kappa shape index (κ1) is 17.9. The minimum Gasteiger partial charge on any atom is -0.490 e. The van der Waals surface area contributed by atoms with Gasteiger partial charge in [-0.05, 0) is 30.3 Å². The molecule has 0 N–H and O–H groups in total. The second-order valence-corrected chi connectivity index (χ2v) is 7.55. The third kappa shape index (κ3) is 3.28. The van der Waals surface area contributed by atoms with E-state index in [0.29, 0.717) is 43.4 Å². The summed E-state index contributed by atoms with van der Waals surface area (Å²) in [6.07, 6.45) is 3.77. The molecule has 0 radical (unpaired) electrons. The number of aryl methyl sites for hydroxylation is 1. The normalized spacial score (nSPS) is 16.8. The molecule has 2 aliphatic rings. The summed E-state index contributed by atoms with van der Waals surface area (Å²) >= 11 is 0. The van der Waals surface area contributed by atoms with E-state index in [2.05, 4.69) is 16.7 Å². The monoisotopic (exact) mass is 392 g/mol. The van der Waals surface area contributed by atoms with Gasteiger partial charge in [-0.1, -0.05) is 12.1 Å². The molecule has 6 nitrogen and oxygen atoms in total. The van der Waals surface area contributed by atoms with Crippen LogP contribution in [0.5, 0.6) is 17.2 Å². The quantitative estimate of drug-likeness (QED) is 0.683. The molecule has 1 aromatic heterocycles. The average Bonchev–Trinajstić information content (AvgIpc) is 3.15. The standard InChI is InChI=1S/C23H24N2O4/c1-24-11-10-17-19(24)5-3-6-20(17)29-16-8-12-25(13-9-16)23(26)18-4-2-7-21-22(18)28-15-14-27-21/h2-7,10-11,16H,8-9,12-15H2,1H3. The molecule has 2 aliphatic heterocycles. The maximum Gasteiger partial charge on any atom is 0.257 e. The molecular formula is C23H24N2O4. The number of likely N-dealkylation sites (tertiary alicyclic amines) is 1. The molecule has 0 spiro atoms. The van der Waals surface area contributed by atoms with Gasteiger partial charge in [0, 0.05) is 44.6 Å². The molecule has 29 heavy (non-hydrogen) atoms. The summed E-state index contributed by atoms with van der Waals surface area (Å²) < 4.78 is 19.7. The second-order valence-electron chi connectivity index (χ2n) is 7.55. The topological polar surface area (TPSA) is 52.9 Å². The number of rotatable bonds is 3. The molecule has 0 aliphatic carbocycles. The van der Waals surface area contributed by atoms with Gasteiger partial charge < -0.3 is 23.7 Å². The molecule has 3 heterocycles. The van der Waals surface area contributed by atoms with Crippen LogP contribution in [0.3, 0.4) is 0 Å². The van der Waals surface area contributed by atoms with Crippen LogP contribution in [0.25, 0.3) is 10.9 Å². The molecule has 2 aromatic carbocycles. The average molecular weight is 392 g/mol. The van der Waals surface area contributed by atoms with Crippen molar-refractivity contribution in [2.45, 2.75) is 18.9 Å². The van der Waals surface area contributed by atoms with Crippen molar-refractivity contribution in [3.8, 4) is 17.2 Å². The Balaban J connectivity index is 1.27. The van der Waals surface area contributed by atoms with E-state index in [0.717, 1.165) is 29.5 Å². The highest BCUT2D eigenvalue weighted by Gasteiger charge is 2.28. The van der Waals surface area contributed by atoms with Crippen LogP contribution in [0.1, 0.15) is 23.2 Å². The van der Waals surface area contributed by atoms with Gasteiger partial charge in [0.25, 0.3) is 5.91 Å². The van der Waals surface area contributed by atoms with E-state index in [1.807, 2.05) is 48.5 Å². The lowest BCUT2D eigenvalue weighted by Gasteiger charge is -2.33. The number of fused-ring (bicyclic) bond motifs is 2. The smallest absolute Gasteiger partial charge is 0.257 e. The van der Waals surface area contributed by atoms with Crippen molar-refractivity contribution in [2.24, 2.45) is 7.05 Å². The van der Waals surface area contributed by atoms with Crippen LogP contribution >= 0.6 is 0 Å². The van der Waals surface area contributed by atoms with Gasteiger partial charge in [0.15, 0.2) is 11.5 Å². The maximum absolute atomic E-state index is 13.1. The summed E-state index contributed by atoms with van der Waals surface area (Å²) in [6, 6.07) is 13.7. The molecule has 150 valence electrons. The SMILES string of the molecule is Cn1ccc2c(OC3CCN(C(=O)c4cccc5c4OCCO5)CC3)cccc21. The Hall–Kier alpha value is -3.15. The molecule has 0 bridgehead atoms. The summed E-state index contributed by atoms with van der Waals surface area (Å²) in [7, 11) is 2.03. The maximum atomic E-state index is 13.1. The van der Waals surface area contributed by atoms with E-state index in [9.17, 15) is 4.79 Å². The number of ether oxygens (including phenoxy) is 3. The van der Waals surface area contributed by atoms with E-state index < -0.39 is 0 Å². The van der Waals surface area contributed by atoms with Gasteiger partial charge in [-0.15, -0.1) is 0 Å². The van der Waals surface area contributed by atoms with Gasteiger partial charge in [-0.25, -0.2) is 0 Å². The molecule has 6 heteroatoms. The van der Waals surface area contributed by atoms with Crippen LogP contribution in [0.15, 0.2) is 48.7 Å². The van der Waals surface area contributed by atoms with Crippen molar-refractivity contribution in [1.29, 1.82) is 0 Å². The molecule has 5 rings (SSSR count). The van der Waals surface area contributed by atoms with E-state index in [1.54, 1.807) is 0 Å². The van der Waals surface area contributed by atoms with Crippen molar-refractivity contribution >= 4 is 16.8 Å². The van der Waals surface area contributed by atoms with Crippen molar-refractivity contribution in [1.82, 2.24) is 9.47 Å². The first-order valence-electron chi connectivity index (χ1n) is 10.1. The van der Waals surface area contributed by atoms with Gasteiger partial charge in [0.05, 0.1) is 11.1 Å². The number of amides is 1. The van der Waals surface area contributed by atoms with E-state index in [1.165, 1.54) is 0 Å². The fourth-order valence-electron chi connectivity index (χ4n) is 4.15. The molecular weight excluding hydrogens is 368 g/mol. The first-order chi connectivity index (χ1) is 14.2. The number of hydrogen-bond donors (Lipinski definition) is 0. The van der Waals surface area contributed by atoms with Gasteiger partial charge in [-0.2, -0.15) is 0 Å². The number of carbonyl (C=O) groups is 1. The van der Waals surface area contributed by atoms with Crippen molar-refractivity contribution in [3.05, 3.63) is 54.2 Å². The highest BCUT2D eigenvalue weighted by atomic mass is 16.6. The van der Waals surface area contributed by atoms with Crippen LogP contribution in [0.2, 0.25) is 0 Å². The summed E-state index contributed by atoms with van der Waals surface area (Å²) in [5.41, 5.74) is 1.74. The molecule has 0 saturated carbocycles. The lowest BCUT2D eigenvalue weighted by Crippen LogP contribution is -2.42. The third-order valence-corrected chi connectivity index (χ3v) is 5.71. The van der Waals surface area contributed by atoms with Gasteiger partial charge in [0.1, 0.15) is 25.1 Å². The lowest BCUT2D eigenvalue weighted by molar-refractivity contribution is 0.0589. The van der Waals surface area contributed by atoms with E-state index in [4.69, 9.17) is 14.2 Å². The Labute approximate surface area is 169 Å². The number of hydrogen-bond acceptors (Lipinski definition) is 4. The first-order valence-corrected chi connectivity index (χ1v) is 10.1. The van der Waals surface area contributed by atoms with Crippen LogP contribution in [0.4, 0.5) is 0 Å². The summed E-state index contributed by atoms with van der Waals surface area (Å²) in [4.78, 5) is 14.9. The molecule has 1 amide bonds. The zero-order chi connectivity index (χ0) is 19.8. The molecule has 1 saturated heterocycles. The van der Waals surface area contributed by atoms with Gasteiger partial charge >= 0.3 is 0 Å². The Morgan fingerprint density at radius 1 is 1.03 bits per heavy atom. The highest BCUT2D eigenvalue weighted by Crippen LogP contribution is 2.35. The highest BCUT2D eigenvalue weighted by molar-refractivity contribution is 5.98. The molecule has 0 atom stereocenters. The van der Waals surface area contributed by atoms with Crippen LogP contribution in [0, 0.1) is 0 Å². The van der Waals surface area contributed by atoms with Crippen molar-refractivity contribution in [2.75, 3.05) is 26.3 Å². The predicted octanol–water partition coefficient (Wildman–Crippen LogP) is 3.63. The Kier molecular flexibility index (Phi) is 4.54. The summed E-state index contributed by atoms with van der Waals surface area (Å²) in [5, 5.41) is 1.13. The van der Waals surface area contributed by atoms with E-state index >= 15 is 0 Å². The number of carbonyl (C=O) groups excluding carboxylic acids is 1. The number of benzene rings is 2. The number of aromatic nitrogens is 1. The van der Waals surface area contributed by atoms with Crippen molar-refractivity contribution in [3.63, 3.8) is 0 Å². The number of nitrogens with zero attached hydrogens (tertiary/aromatic N) is 2. The Bertz CT molecular complexity index is 1050. The fraction of sp³-hybridized carbons (Fsp3) is 0.348. The van der Waals surface area contributed by atoms with Gasteiger partial charge in [-0.3, -0.25) is 4.79 Å². The molecule has 0 unspecified atom stereocenters. The number of piperidine rings is 1. The summed E-state index contributed by atoms with van der Waals surface area (Å²) in [6.45, 7) is 2.32. The van der Waals surface area contributed by atoms with Crippen molar-refractivity contribution < 1.29 is 19.0 Å². The molecule has 3 aromatic rings. The zero-order valence-corrected chi connectivity index (χ0v) is 16.5. The lowest BCUT2D eigenvalue weighted by atomic mass is 10.1. The van der Waals surface area contributed by atoms with Crippen LogP contribution in [-0.2, 0) is 7.05 Å². The zero-order valence-electron chi connectivity index (χ0n) is 16.5. The summed E-state index contributed by atoms with van der Waals surface area (Å²) in [5.74, 6) is 2.13. The Morgan fingerprint density at radius 3 is 2.69 bits per heavy atom. The second kappa shape index (κ2) is 7.35. The Morgan fingerprint density at radius 2 is 1.83 bits per heavy atom.